The van der Waals surface area contributed by atoms with Gasteiger partial charge in [-0.25, -0.2) is 9.97 Å². The Labute approximate surface area is 129 Å². The Hall–Kier alpha value is -2.42. The molecule has 2 heterocycles. The van der Waals surface area contributed by atoms with E-state index in [0.717, 1.165) is 22.2 Å². The fourth-order valence-corrected chi connectivity index (χ4v) is 3.00. The predicted molar refractivity (Wildman–Crippen MR) is 92.2 cm³/mol. The molecule has 0 atom stereocenters. The zero-order valence-electron chi connectivity index (χ0n) is 13.4. The van der Waals surface area contributed by atoms with Crippen molar-refractivity contribution in [1.82, 2.24) is 14.5 Å². The van der Waals surface area contributed by atoms with E-state index >= 15 is 0 Å². The van der Waals surface area contributed by atoms with Crippen LogP contribution in [0, 0.1) is 0 Å². The molecule has 0 saturated heterocycles. The van der Waals surface area contributed by atoms with Gasteiger partial charge in [0, 0.05) is 12.4 Å². The highest BCUT2D eigenvalue weighted by Gasteiger charge is 2.17. The Kier molecular flexibility index (Phi) is 2.59. The summed E-state index contributed by atoms with van der Waals surface area (Å²) < 4.78 is 2.14. The van der Waals surface area contributed by atoms with E-state index in [9.17, 15) is 0 Å². The number of rotatable bonds is 0. The zero-order valence-corrected chi connectivity index (χ0v) is 13.4. The Bertz CT molecular complexity index is 1020. The van der Waals surface area contributed by atoms with E-state index in [0.29, 0.717) is 0 Å². The monoisotopic (exact) mass is 289 g/mol. The number of hydrogen-bond donors (Lipinski definition) is 0. The quantitative estimate of drug-likeness (QED) is 0.474. The third kappa shape index (κ3) is 1.82. The second-order valence-corrected chi connectivity index (χ2v) is 6.93. The molecule has 0 bridgehead atoms. The van der Waals surface area contributed by atoms with Gasteiger partial charge in [0.05, 0.1) is 16.6 Å². The first-order valence-corrected chi connectivity index (χ1v) is 7.60. The molecule has 4 rings (SSSR count). The molecule has 0 aliphatic rings. The summed E-state index contributed by atoms with van der Waals surface area (Å²) in [5.74, 6) is 0. The van der Waals surface area contributed by atoms with Gasteiger partial charge < -0.3 is 4.57 Å². The summed E-state index contributed by atoms with van der Waals surface area (Å²) in [6, 6.07) is 14.7. The molecule has 0 spiro atoms. The van der Waals surface area contributed by atoms with Gasteiger partial charge in [0.1, 0.15) is 5.52 Å². The number of benzene rings is 2. The standard InChI is InChI=1S/C19H19N3/c1-19(2,3)12-9-10-16-13(11-12)17-18(22(16)4)21-15-8-6-5-7-14(15)20-17/h5-11H,1-4H3. The molecular formula is C19H19N3. The molecule has 0 fully saturated rings. The highest BCUT2D eigenvalue weighted by molar-refractivity contribution is 6.06. The van der Waals surface area contributed by atoms with Crippen LogP contribution in [0.4, 0.5) is 0 Å². The molecule has 0 N–H and O–H groups in total. The smallest absolute Gasteiger partial charge is 0.160 e. The van der Waals surface area contributed by atoms with E-state index in [-0.39, 0.29) is 5.41 Å². The lowest BCUT2D eigenvalue weighted by Crippen LogP contribution is -2.10. The molecule has 110 valence electrons. The predicted octanol–water partition coefficient (Wildman–Crippen LogP) is 4.57. The van der Waals surface area contributed by atoms with Crippen molar-refractivity contribution in [3.63, 3.8) is 0 Å². The van der Waals surface area contributed by atoms with E-state index in [1.165, 1.54) is 16.5 Å². The maximum absolute atomic E-state index is 4.87. The Morgan fingerprint density at radius 2 is 1.59 bits per heavy atom. The highest BCUT2D eigenvalue weighted by atomic mass is 15.0. The lowest BCUT2D eigenvalue weighted by Gasteiger charge is -2.18. The molecule has 0 saturated carbocycles. The first kappa shape index (κ1) is 13.3. The van der Waals surface area contributed by atoms with Crippen molar-refractivity contribution in [2.45, 2.75) is 26.2 Å². The van der Waals surface area contributed by atoms with Crippen LogP contribution in [-0.4, -0.2) is 14.5 Å². The van der Waals surface area contributed by atoms with Crippen LogP contribution in [0.15, 0.2) is 42.5 Å². The molecule has 2 aromatic heterocycles. The first-order valence-electron chi connectivity index (χ1n) is 7.60. The van der Waals surface area contributed by atoms with E-state index < -0.39 is 0 Å². The fraction of sp³-hybridized carbons (Fsp3) is 0.263. The molecule has 0 radical (unpaired) electrons. The summed E-state index contributed by atoms with van der Waals surface area (Å²) in [5, 5.41) is 1.18. The molecule has 3 heteroatoms. The third-order valence-electron chi connectivity index (χ3n) is 4.35. The van der Waals surface area contributed by atoms with Gasteiger partial charge in [0.2, 0.25) is 0 Å². The lowest BCUT2D eigenvalue weighted by atomic mass is 9.86. The third-order valence-corrected chi connectivity index (χ3v) is 4.35. The second-order valence-electron chi connectivity index (χ2n) is 6.93. The Balaban J connectivity index is 2.16. The maximum atomic E-state index is 4.87. The molecule has 2 aromatic carbocycles. The van der Waals surface area contributed by atoms with Crippen LogP contribution in [0.1, 0.15) is 26.3 Å². The fourth-order valence-electron chi connectivity index (χ4n) is 3.00. The van der Waals surface area contributed by atoms with Gasteiger partial charge >= 0.3 is 0 Å². The van der Waals surface area contributed by atoms with Gasteiger partial charge in [-0.3, -0.25) is 0 Å². The van der Waals surface area contributed by atoms with Crippen molar-refractivity contribution >= 4 is 33.1 Å². The summed E-state index contributed by atoms with van der Waals surface area (Å²) in [5.41, 5.74) is 6.45. The largest absolute Gasteiger partial charge is 0.327 e. The first-order chi connectivity index (χ1) is 10.4. The number of fused-ring (bicyclic) bond motifs is 4. The van der Waals surface area contributed by atoms with Gasteiger partial charge in [0.25, 0.3) is 0 Å². The topological polar surface area (TPSA) is 30.7 Å². The van der Waals surface area contributed by atoms with E-state index in [1.54, 1.807) is 0 Å². The Morgan fingerprint density at radius 3 is 2.27 bits per heavy atom. The minimum absolute atomic E-state index is 0.126. The van der Waals surface area contributed by atoms with Crippen molar-refractivity contribution in [1.29, 1.82) is 0 Å². The van der Waals surface area contributed by atoms with Crippen molar-refractivity contribution in [3.05, 3.63) is 48.0 Å². The van der Waals surface area contributed by atoms with Crippen LogP contribution < -0.4 is 0 Å². The lowest BCUT2D eigenvalue weighted by molar-refractivity contribution is 0.591. The maximum Gasteiger partial charge on any atom is 0.160 e. The van der Waals surface area contributed by atoms with Crippen LogP contribution in [-0.2, 0) is 12.5 Å². The van der Waals surface area contributed by atoms with Crippen molar-refractivity contribution < 1.29 is 0 Å². The molecule has 4 aromatic rings. The number of aryl methyl sites for hydroxylation is 1. The van der Waals surface area contributed by atoms with Crippen molar-refractivity contribution in [2.24, 2.45) is 7.05 Å². The number of aromatic nitrogens is 3. The summed E-state index contributed by atoms with van der Waals surface area (Å²) in [6.07, 6.45) is 0. The number of hydrogen-bond acceptors (Lipinski definition) is 2. The number of nitrogens with zero attached hydrogens (tertiary/aromatic N) is 3. The molecule has 0 aliphatic carbocycles. The van der Waals surface area contributed by atoms with E-state index in [4.69, 9.17) is 9.97 Å². The summed E-state index contributed by atoms with van der Waals surface area (Å²) in [4.78, 5) is 9.67. The van der Waals surface area contributed by atoms with E-state index in [2.05, 4.69) is 50.6 Å². The zero-order chi connectivity index (χ0) is 15.5. The van der Waals surface area contributed by atoms with Gasteiger partial charge in [0.15, 0.2) is 5.65 Å². The van der Waals surface area contributed by atoms with Crippen LogP contribution in [0.3, 0.4) is 0 Å². The SMILES string of the molecule is Cn1c2ccc(C(C)(C)C)cc2c2nc3ccccc3nc21. The molecule has 3 nitrogen and oxygen atoms in total. The van der Waals surface area contributed by atoms with Crippen LogP contribution >= 0.6 is 0 Å². The van der Waals surface area contributed by atoms with Gasteiger partial charge in [-0.15, -0.1) is 0 Å². The van der Waals surface area contributed by atoms with Crippen LogP contribution in [0.5, 0.6) is 0 Å². The van der Waals surface area contributed by atoms with Crippen molar-refractivity contribution in [3.8, 4) is 0 Å². The second kappa shape index (κ2) is 4.29. The molecule has 0 amide bonds. The van der Waals surface area contributed by atoms with Crippen LogP contribution in [0.25, 0.3) is 33.1 Å². The summed E-state index contributed by atoms with van der Waals surface area (Å²) in [6.45, 7) is 6.71. The molecule has 22 heavy (non-hydrogen) atoms. The Morgan fingerprint density at radius 1 is 0.909 bits per heavy atom. The van der Waals surface area contributed by atoms with Crippen molar-refractivity contribution in [2.75, 3.05) is 0 Å². The normalized spacial score (nSPS) is 12.5. The molecule has 0 unspecified atom stereocenters. The average molecular weight is 289 g/mol. The van der Waals surface area contributed by atoms with Gasteiger partial charge in [-0.05, 0) is 35.2 Å². The highest BCUT2D eigenvalue weighted by Crippen LogP contribution is 2.31. The minimum atomic E-state index is 0.126. The van der Waals surface area contributed by atoms with Crippen LogP contribution in [0.2, 0.25) is 0 Å². The summed E-state index contributed by atoms with van der Waals surface area (Å²) in [7, 11) is 2.06. The number of para-hydroxylation sites is 2. The minimum Gasteiger partial charge on any atom is -0.327 e. The van der Waals surface area contributed by atoms with Gasteiger partial charge in [-0.2, -0.15) is 0 Å². The molecule has 0 aliphatic heterocycles. The molecular weight excluding hydrogens is 270 g/mol. The average Bonchev–Trinajstić information content (AvgIpc) is 2.77. The van der Waals surface area contributed by atoms with E-state index in [1.807, 2.05) is 24.3 Å². The van der Waals surface area contributed by atoms with Gasteiger partial charge in [-0.1, -0.05) is 39.0 Å². The summed E-state index contributed by atoms with van der Waals surface area (Å²) >= 11 is 0.